The Morgan fingerprint density at radius 3 is 2.92 bits per heavy atom. The molecule has 0 amide bonds. The summed E-state index contributed by atoms with van der Waals surface area (Å²) < 4.78 is 11.0. The number of benzene rings is 1. The second kappa shape index (κ2) is 7.06. The number of nitrogens with zero attached hydrogens (tertiary/aromatic N) is 5. The molecular weight excluding hydrogens is 330 g/mol. The highest BCUT2D eigenvalue weighted by molar-refractivity contribution is 5.42. The zero-order valence-electron chi connectivity index (χ0n) is 15.2. The fourth-order valence-electron chi connectivity index (χ4n) is 3.44. The van der Waals surface area contributed by atoms with Gasteiger partial charge >= 0.3 is 0 Å². The fraction of sp³-hybridized carbons (Fsp3) is 0.526. The van der Waals surface area contributed by atoms with Crippen molar-refractivity contribution in [3.8, 4) is 11.8 Å². The molecule has 1 aromatic carbocycles. The average Bonchev–Trinajstić information content (AvgIpc) is 3.40. The van der Waals surface area contributed by atoms with Crippen LogP contribution in [0.2, 0.25) is 0 Å². The highest BCUT2D eigenvalue weighted by Crippen LogP contribution is 2.39. The predicted octanol–water partition coefficient (Wildman–Crippen LogP) is 2.32. The Bertz CT molecular complexity index is 824. The number of likely N-dealkylation sites (N-methyl/N-ethyl adjacent to an activating group) is 1. The van der Waals surface area contributed by atoms with E-state index in [9.17, 15) is 5.26 Å². The van der Waals surface area contributed by atoms with Crippen LogP contribution >= 0.6 is 0 Å². The van der Waals surface area contributed by atoms with Crippen LogP contribution in [0.4, 0.5) is 0 Å². The summed E-state index contributed by atoms with van der Waals surface area (Å²) in [6, 6.07) is 7.85. The van der Waals surface area contributed by atoms with Gasteiger partial charge in [0.05, 0.1) is 18.7 Å². The largest absolute Gasteiger partial charge is 0.496 e. The first-order chi connectivity index (χ1) is 12.7. The zero-order valence-corrected chi connectivity index (χ0v) is 15.2. The topological polar surface area (TPSA) is 78.4 Å². The van der Waals surface area contributed by atoms with E-state index in [0.29, 0.717) is 17.4 Å². The molecule has 1 saturated heterocycles. The smallest absolute Gasteiger partial charge is 0.245 e. The molecule has 1 aliphatic heterocycles. The first-order valence-corrected chi connectivity index (χ1v) is 9.01. The van der Waals surface area contributed by atoms with Crippen molar-refractivity contribution in [2.75, 3.05) is 33.8 Å². The van der Waals surface area contributed by atoms with Crippen molar-refractivity contribution in [3.05, 3.63) is 41.0 Å². The molecule has 7 heteroatoms. The van der Waals surface area contributed by atoms with Gasteiger partial charge < -0.3 is 9.26 Å². The van der Waals surface area contributed by atoms with E-state index in [4.69, 9.17) is 9.26 Å². The van der Waals surface area contributed by atoms with E-state index in [0.717, 1.165) is 43.3 Å². The molecule has 2 heterocycles. The molecule has 26 heavy (non-hydrogen) atoms. The molecule has 2 aliphatic rings. The third-order valence-corrected chi connectivity index (χ3v) is 5.22. The van der Waals surface area contributed by atoms with Crippen molar-refractivity contribution in [3.63, 3.8) is 0 Å². The van der Waals surface area contributed by atoms with Crippen LogP contribution in [0.3, 0.4) is 0 Å². The quantitative estimate of drug-likeness (QED) is 0.816. The number of nitriles is 1. The molecule has 0 bridgehead atoms. The lowest BCUT2D eigenvalue weighted by Gasteiger charge is -2.37. The number of piperazine rings is 1. The van der Waals surface area contributed by atoms with Crippen LogP contribution in [0.5, 0.6) is 5.75 Å². The third kappa shape index (κ3) is 3.43. The lowest BCUT2D eigenvalue weighted by Crippen LogP contribution is -2.46. The molecule has 4 rings (SSSR count). The standard InChI is InChI=1S/C19H23N5O2/c1-23-7-8-24(11-15-9-13(10-20)3-6-17(15)25-2)12-16(23)19-21-18(22-26-19)14-4-5-14/h3,6,9,14,16H,4-5,7-8,11-12H2,1-2H3. The summed E-state index contributed by atoms with van der Waals surface area (Å²) in [4.78, 5) is 9.25. The van der Waals surface area contributed by atoms with Gasteiger partial charge in [-0.3, -0.25) is 9.80 Å². The van der Waals surface area contributed by atoms with E-state index >= 15 is 0 Å². The molecule has 1 saturated carbocycles. The van der Waals surface area contributed by atoms with Crippen molar-refractivity contribution < 1.29 is 9.26 Å². The van der Waals surface area contributed by atoms with Crippen LogP contribution < -0.4 is 4.74 Å². The summed E-state index contributed by atoms with van der Waals surface area (Å²) >= 11 is 0. The van der Waals surface area contributed by atoms with E-state index in [1.54, 1.807) is 13.2 Å². The van der Waals surface area contributed by atoms with Crippen LogP contribution in [0, 0.1) is 11.3 Å². The maximum absolute atomic E-state index is 9.17. The van der Waals surface area contributed by atoms with Crippen LogP contribution in [0.1, 0.15) is 47.6 Å². The predicted molar refractivity (Wildman–Crippen MR) is 94.6 cm³/mol. The van der Waals surface area contributed by atoms with Gasteiger partial charge in [0.1, 0.15) is 11.8 Å². The summed E-state index contributed by atoms with van der Waals surface area (Å²) in [5.41, 5.74) is 1.68. The third-order valence-electron chi connectivity index (χ3n) is 5.22. The monoisotopic (exact) mass is 353 g/mol. The van der Waals surface area contributed by atoms with Crippen LogP contribution in [-0.2, 0) is 6.54 Å². The molecule has 1 aliphatic carbocycles. The Labute approximate surface area is 153 Å². The minimum atomic E-state index is 0.0916. The van der Waals surface area contributed by atoms with Crippen molar-refractivity contribution in [1.82, 2.24) is 19.9 Å². The fourth-order valence-corrected chi connectivity index (χ4v) is 3.44. The Hall–Kier alpha value is -2.43. The average molecular weight is 353 g/mol. The summed E-state index contributed by atoms with van der Waals surface area (Å²) in [7, 11) is 3.76. The van der Waals surface area contributed by atoms with Crippen LogP contribution in [-0.4, -0.2) is 53.7 Å². The van der Waals surface area contributed by atoms with Crippen molar-refractivity contribution in [2.45, 2.75) is 31.3 Å². The molecule has 136 valence electrons. The van der Waals surface area contributed by atoms with Gasteiger partial charge in [0, 0.05) is 37.7 Å². The van der Waals surface area contributed by atoms with Crippen molar-refractivity contribution >= 4 is 0 Å². The maximum atomic E-state index is 9.17. The van der Waals surface area contributed by atoms with Crippen molar-refractivity contribution in [1.29, 1.82) is 5.26 Å². The Morgan fingerprint density at radius 1 is 1.35 bits per heavy atom. The zero-order chi connectivity index (χ0) is 18.1. The van der Waals surface area contributed by atoms with Gasteiger partial charge in [-0.2, -0.15) is 10.2 Å². The van der Waals surface area contributed by atoms with E-state index < -0.39 is 0 Å². The van der Waals surface area contributed by atoms with Gasteiger partial charge in [-0.1, -0.05) is 5.16 Å². The summed E-state index contributed by atoms with van der Waals surface area (Å²) in [6.45, 7) is 3.40. The van der Waals surface area contributed by atoms with E-state index in [1.165, 1.54) is 12.8 Å². The molecule has 1 atom stereocenters. The van der Waals surface area contributed by atoms with Gasteiger partial charge in [0.15, 0.2) is 5.82 Å². The van der Waals surface area contributed by atoms with E-state index in [2.05, 4.69) is 33.1 Å². The lowest BCUT2D eigenvalue weighted by molar-refractivity contribution is 0.0710. The summed E-state index contributed by atoms with van der Waals surface area (Å²) in [5, 5.41) is 13.3. The molecule has 1 aromatic heterocycles. The van der Waals surface area contributed by atoms with Gasteiger partial charge in [-0.15, -0.1) is 0 Å². The Kier molecular flexibility index (Phi) is 4.62. The molecule has 0 spiro atoms. The normalized spacial score (nSPS) is 21.5. The number of rotatable bonds is 5. The summed E-state index contributed by atoms with van der Waals surface area (Å²) in [5.74, 6) is 2.87. The molecule has 1 unspecified atom stereocenters. The molecule has 7 nitrogen and oxygen atoms in total. The van der Waals surface area contributed by atoms with Crippen molar-refractivity contribution in [2.24, 2.45) is 0 Å². The Balaban J connectivity index is 1.50. The SMILES string of the molecule is COc1ccc(C#N)cc1CN1CCN(C)C(c2nc(C3CC3)no2)C1. The Morgan fingerprint density at radius 2 is 2.19 bits per heavy atom. The van der Waals surface area contributed by atoms with Gasteiger partial charge in [-0.05, 0) is 38.1 Å². The number of aromatic nitrogens is 2. The number of hydrogen-bond donors (Lipinski definition) is 0. The highest BCUT2D eigenvalue weighted by Gasteiger charge is 2.34. The second-order valence-electron chi connectivity index (χ2n) is 7.14. The minimum absolute atomic E-state index is 0.0916. The first kappa shape index (κ1) is 17.0. The van der Waals surface area contributed by atoms with Gasteiger partial charge in [-0.25, -0.2) is 0 Å². The highest BCUT2D eigenvalue weighted by atomic mass is 16.5. The van der Waals surface area contributed by atoms with Gasteiger partial charge in [0.25, 0.3) is 0 Å². The minimum Gasteiger partial charge on any atom is -0.496 e. The van der Waals surface area contributed by atoms with Crippen LogP contribution in [0.25, 0.3) is 0 Å². The number of hydrogen-bond acceptors (Lipinski definition) is 7. The number of ether oxygens (including phenoxy) is 1. The number of methoxy groups -OCH3 is 1. The molecule has 2 aromatic rings. The lowest BCUT2D eigenvalue weighted by atomic mass is 10.1. The second-order valence-corrected chi connectivity index (χ2v) is 7.14. The molecule has 0 radical (unpaired) electrons. The van der Waals surface area contributed by atoms with E-state index in [-0.39, 0.29) is 6.04 Å². The molecule has 2 fully saturated rings. The molecule has 0 N–H and O–H groups in total. The summed E-state index contributed by atoms with van der Waals surface area (Å²) in [6.07, 6.45) is 2.33. The van der Waals surface area contributed by atoms with Gasteiger partial charge in [0.2, 0.25) is 5.89 Å². The molecular formula is C19H23N5O2. The maximum Gasteiger partial charge on any atom is 0.245 e. The van der Waals surface area contributed by atoms with E-state index in [1.807, 2.05) is 12.1 Å². The first-order valence-electron chi connectivity index (χ1n) is 9.01. The van der Waals surface area contributed by atoms with Crippen LogP contribution in [0.15, 0.2) is 22.7 Å².